The van der Waals surface area contributed by atoms with Gasteiger partial charge < -0.3 is 25.8 Å². The van der Waals surface area contributed by atoms with Crippen LogP contribution in [0.4, 0.5) is 0 Å². The van der Waals surface area contributed by atoms with Gasteiger partial charge in [-0.25, -0.2) is 0 Å². The predicted molar refractivity (Wildman–Crippen MR) is 96.6 cm³/mol. The first-order valence-corrected chi connectivity index (χ1v) is 8.19. The van der Waals surface area contributed by atoms with Crippen LogP contribution in [-0.4, -0.2) is 47.8 Å². The molecular weight excluding hydrogens is 324 g/mol. The number of unbranched alkanes of at least 4 members (excludes halogenated alkanes) is 2. The van der Waals surface area contributed by atoms with Gasteiger partial charge in [0.05, 0.1) is 0 Å². The molecule has 4 N–H and O–H groups in total. The summed E-state index contributed by atoms with van der Waals surface area (Å²) in [4.78, 5) is 22.4. The van der Waals surface area contributed by atoms with Crippen LogP contribution in [-0.2, 0) is 14.3 Å². The quantitative estimate of drug-likeness (QED) is 0.192. The Morgan fingerprint density at radius 3 is 1.44 bits per heavy atom. The molecule has 0 aromatic carbocycles. The summed E-state index contributed by atoms with van der Waals surface area (Å²) in [5.41, 5.74) is -2.62. The molecule has 0 aliphatic carbocycles. The second kappa shape index (κ2) is 11.3. The van der Waals surface area contributed by atoms with Gasteiger partial charge in [-0.1, -0.05) is 12.2 Å². The third-order valence-electron chi connectivity index (χ3n) is 4.30. The van der Waals surface area contributed by atoms with E-state index in [1.807, 2.05) is 0 Å². The average Bonchev–Trinajstić information content (AvgIpc) is 2.60. The van der Waals surface area contributed by atoms with Gasteiger partial charge in [0.15, 0.2) is 0 Å². The molecule has 0 heterocycles. The lowest BCUT2D eigenvalue weighted by Gasteiger charge is -2.20. The maximum Gasteiger partial charge on any atom is 0.318 e. The minimum absolute atomic E-state index is 0.304. The van der Waals surface area contributed by atoms with E-state index in [0.717, 1.165) is 12.4 Å². The van der Waals surface area contributed by atoms with Crippen molar-refractivity contribution < 1.29 is 24.5 Å². The summed E-state index contributed by atoms with van der Waals surface area (Å²) in [5, 5.41) is 32.8. The number of hydrogen-bond donors (Lipinski definition) is 4. The third kappa shape index (κ3) is 6.62. The van der Waals surface area contributed by atoms with E-state index < -0.39 is 22.8 Å². The lowest BCUT2D eigenvalue weighted by molar-refractivity contribution is -0.143. The SMILES string of the molecule is C=CC(C=N)(CCCCOCCCCC(C=C)(C=N)C(=O)O)C(=O)O. The number of ether oxygens (including phenoxy) is 1. The van der Waals surface area contributed by atoms with Crippen LogP contribution in [0.1, 0.15) is 38.5 Å². The van der Waals surface area contributed by atoms with Gasteiger partial charge in [0.1, 0.15) is 10.8 Å². The monoisotopic (exact) mass is 352 g/mol. The first-order chi connectivity index (χ1) is 11.8. The molecule has 2 atom stereocenters. The van der Waals surface area contributed by atoms with Gasteiger partial charge in [0.2, 0.25) is 0 Å². The van der Waals surface area contributed by atoms with Gasteiger partial charge in [-0.15, -0.1) is 13.2 Å². The average molecular weight is 352 g/mol. The van der Waals surface area contributed by atoms with E-state index in [4.69, 9.17) is 25.8 Å². The van der Waals surface area contributed by atoms with Crippen molar-refractivity contribution in [1.29, 1.82) is 10.8 Å². The van der Waals surface area contributed by atoms with Crippen molar-refractivity contribution in [2.75, 3.05) is 13.2 Å². The summed E-state index contributed by atoms with van der Waals surface area (Å²) in [5.74, 6) is -2.15. The van der Waals surface area contributed by atoms with E-state index in [0.29, 0.717) is 51.7 Å². The van der Waals surface area contributed by atoms with Crippen LogP contribution < -0.4 is 0 Å². The predicted octanol–water partition coefficient (Wildman–Crippen LogP) is 3.16. The van der Waals surface area contributed by atoms with Crippen molar-refractivity contribution >= 4 is 24.4 Å². The molecule has 0 fully saturated rings. The van der Waals surface area contributed by atoms with Crippen LogP contribution in [0, 0.1) is 21.6 Å². The summed E-state index contributed by atoms with van der Waals surface area (Å²) in [6, 6.07) is 0. The lowest BCUT2D eigenvalue weighted by atomic mass is 9.84. The van der Waals surface area contributed by atoms with Crippen LogP contribution in [0.5, 0.6) is 0 Å². The Hall–Kier alpha value is -2.28. The molecule has 0 amide bonds. The number of hydrogen-bond acceptors (Lipinski definition) is 5. The molecular formula is C18H28N2O5. The first kappa shape index (κ1) is 22.7. The van der Waals surface area contributed by atoms with Crippen LogP contribution in [0.2, 0.25) is 0 Å². The van der Waals surface area contributed by atoms with Crippen LogP contribution in [0.15, 0.2) is 25.3 Å². The number of aliphatic carboxylic acids is 2. The Balaban J connectivity index is 3.95. The standard InChI is InChI=1S/C18H28N2O5/c1-3-17(13-19,15(21)22)9-5-7-11-25-12-8-6-10-18(4-2,14-20)16(23)24/h3-4,13-14,19-20H,1-2,5-12H2,(H,21,22)(H,23,24). The second-order valence-electron chi connectivity index (χ2n) is 5.91. The number of carboxylic acid groups (broad SMARTS) is 2. The highest BCUT2D eigenvalue weighted by Gasteiger charge is 2.33. The molecule has 0 aliphatic heterocycles. The van der Waals surface area contributed by atoms with Crippen molar-refractivity contribution in [1.82, 2.24) is 0 Å². The normalized spacial score (nSPS) is 15.4. The summed E-state index contributed by atoms with van der Waals surface area (Å²) >= 11 is 0. The van der Waals surface area contributed by atoms with Gasteiger partial charge in [-0.05, 0) is 38.5 Å². The smallest absolute Gasteiger partial charge is 0.318 e. The fraction of sp³-hybridized carbons (Fsp3) is 0.556. The lowest BCUT2D eigenvalue weighted by Crippen LogP contribution is -2.30. The maximum atomic E-state index is 11.2. The van der Waals surface area contributed by atoms with E-state index in [-0.39, 0.29) is 0 Å². The molecule has 0 aromatic rings. The molecule has 0 aliphatic rings. The van der Waals surface area contributed by atoms with E-state index in [1.165, 1.54) is 12.2 Å². The molecule has 0 bridgehead atoms. The molecule has 0 aromatic heterocycles. The molecule has 7 heteroatoms. The Morgan fingerprint density at radius 2 is 1.20 bits per heavy atom. The third-order valence-corrected chi connectivity index (χ3v) is 4.30. The Bertz CT molecular complexity index is 442. The Kier molecular flexibility index (Phi) is 10.3. The van der Waals surface area contributed by atoms with E-state index in [9.17, 15) is 9.59 Å². The van der Waals surface area contributed by atoms with Crippen molar-refractivity contribution in [2.45, 2.75) is 38.5 Å². The fourth-order valence-corrected chi connectivity index (χ4v) is 2.32. The molecule has 0 saturated heterocycles. The van der Waals surface area contributed by atoms with Gasteiger partial charge in [-0.3, -0.25) is 9.59 Å². The molecule has 0 spiro atoms. The number of carboxylic acids is 2. The molecule has 2 unspecified atom stereocenters. The largest absolute Gasteiger partial charge is 0.480 e. The summed E-state index contributed by atoms with van der Waals surface area (Å²) in [6.45, 7) is 7.93. The summed E-state index contributed by atoms with van der Waals surface area (Å²) < 4.78 is 5.46. The van der Waals surface area contributed by atoms with E-state index >= 15 is 0 Å². The molecule has 0 rings (SSSR count). The van der Waals surface area contributed by atoms with Gasteiger partial charge in [-0.2, -0.15) is 0 Å². The van der Waals surface area contributed by atoms with Gasteiger partial charge in [0, 0.05) is 25.6 Å². The number of nitrogens with one attached hydrogen (secondary N) is 2. The zero-order valence-corrected chi connectivity index (χ0v) is 14.5. The maximum absolute atomic E-state index is 11.2. The van der Waals surface area contributed by atoms with Crippen LogP contribution in [0.25, 0.3) is 0 Å². The van der Waals surface area contributed by atoms with Crippen molar-refractivity contribution in [3.05, 3.63) is 25.3 Å². The topological polar surface area (TPSA) is 132 Å². The van der Waals surface area contributed by atoms with Crippen molar-refractivity contribution in [2.24, 2.45) is 10.8 Å². The number of rotatable bonds is 16. The zero-order chi connectivity index (χ0) is 19.3. The van der Waals surface area contributed by atoms with Crippen molar-refractivity contribution in [3.8, 4) is 0 Å². The highest BCUT2D eigenvalue weighted by molar-refractivity contribution is 5.95. The minimum Gasteiger partial charge on any atom is -0.480 e. The molecule has 7 nitrogen and oxygen atoms in total. The van der Waals surface area contributed by atoms with Gasteiger partial charge >= 0.3 is 11.9 Å². The fourth-order valence-electron chi connectivity index (χ4n) is 2.32. The Labute approximate surface area is 148 Å². The van der Waals surface area contributed by atoms with E-state index in [2.05, 4.69) is 13.2 Å². The number of carbonyl (C=O) groups is 2. The molecule has 140 valence electrons. The highest BCUT2D eigenvalue weighted by atomic mass is 16.5. The highest BCUT2D eigenvalue weighted by Crippen LogP contribution is 2.25. The van der Waals surface area contributed by atoms with Crippen molar-refractivity contribution in [3.63, 3.8) is 0 Å². The zero-order valence-electron chi connectivity index (χ0n) is 14.5. The summed E-state index contributed by atoms with van der Waals surface area (Å²) in [7, 11) is 0. The van der Waals surface area contributed by atoms with Crippen LogP contribution in [0.3, 0.4) is 0 Å². The minimum atomic E-state index is -1.31. The molecule has 0 saturated carbocycles. The second-order valence-corrected chi connectivity index (χ2v) is 5.91. The van der Waals surface area contributed by atoms with Crippen LogP contribution >= 0.6 is 0 Å². The first-order valence-electron chi connectivity index (χ1n) is 8.19. The summed E-state index contributed by atoms with van der Waals surface area (Å²) in [6.07, 6.45) is 7.51. The van der Waals surface area contributed by atoms with E-state index in [1.54, 1.807) is 0 Å². The Morgan fingerprint density at radius 1 is 0.840 bits per heavy atom. The van der Waals surface area contributed by atoms with Gasteiger partial charge in [0.25, 0.3) is 0 Å². The molecule has 25 heavy (non-hydrogen) atoms. The molecule has 0 radical (unpaired) electrons.